The van der Waals surface area contributed by atoms with Crippen molar-refractivity contribution < 1.29 is 14.3 Å². The van der Waals surface area contributed by atoms with Gasteiger partial charge >= 0.3 is 5.69 Å². The van der Waals surface area contributed by atoms with Gasteiger partial charge in [-0.05, 0) is 25.1 Å². The molecule has 2 aromatic heterocycles. The van der Waals surface area contributed by atoms with Crippen LogP contribution in [0.4, 0.5) is 0 Å². The first-order valence-corrected chi connectivity index (χ1v) is 9.20. The van der Waals surface area contributed by atoms with Gasteiger partial charge in [0.25, 0.3) is 5.91 Å². The van der Waals surface area contributed by atoms with Gasteiger partial charge in [0.05, 0.1) is 5.69 Å². The van der Waals surface area contributed by atoms with Gasteiger partial charge in [0.15, 0.2) is 28.7 Å². The zero-order valence-electron chi connectivity index (χ0n) is 16.2. The summed E-state index contributed by atoms with van der Waals surface area (Å²) in [5.74, 6) is 0.689. The van der Waals surface area contributed by atoms with E-state index in [4.69, 9.17) is 15.2 Å². The number of carbonyl (C=O) groups is 1. The number of amides is 1. The minimum atomic E-state index is -0.741. The quantitative estimate of drug-likeness (QED) is 0.559. The van der Waals surface area contributed by atoms with Crippen molar-refractivity contribution in [1.29, 1.82) is 0 Å². The number of carbonyl (C=O) groups excluding carboxylic acids is 1. The van der Waals surface area contributed by atoms with Gasteiger partial charge in [0.1, 0.15) is 5.52 Å². The molecule has 0 radical (unpaired) electrons. The van der Waals surface area contributed by atoms with E-state index in [9.17, 15) is 9.59 Å². The summed E-state index contributed by atoms with van der Waals surface area (Å²) in [4.78, 5) is 34.3. The van der Waals surface area contributed by atoms with E-state index in [1.165, 1.54) is 9.13 Å². The summed E-state index contributed by atoms with van der Waals surface area (Å²) in [5, 5.41) is 0. The fraction of sp³-hybridized carbons (Fsp3) is 0.143. The predicted octanol–water partition coefficient (Wildman–Crippen LogP) is 1.92. The number of aryl methyl sites for hydroxylation is 2. The second-order valence-corrected chi connectivity index (χ2v) is 7.02. The van der Waals surface area contributed by atoms with Gasteiger partial charge in [0.2, 0.25) is 6.79 Å². The number of ether oxygens (including phenoxy) is 2. The summed E-state index contributed by atoms with van der Waals surface area (Å²) in [6, 6.07) is 12.7. The molecule has 9 nitrogen and oxygen atoms in total. The number of rotatable bonds is 3. The normalized spacial score (nSPS) is 12.5. The maximum atomic E-state index is 13.1. The van der Waals surface area contributed by atoms with Crippen LogP contribution in [0.1, 0.15) is 16.1 Å². The minimum Gasteiger partial charge on any atom is -0.454 e. The van der Waals surface area contributed by atoms with Crippen molar-refractivity contribution in [2.75, 3.05) is 6.79 Å². The maximum absolute atomic E-state index is 13.1. The van der Waals surface area contributed by atoms with E-state index in [2.05, 4.69) is 9.97 Å². The molecule has 1 amide bonds. The molecule has 1 aliphatic rings. The molecule has 30 heavy (non-hydrogen) atoms. The third-order valence-electron chi connectivity index (χ3n) is 5.02. The second-order valence-electron chi connectivity index (χ2n) is 7.02. The summed E-state index contributed by atoms with van der Waals surface area (Å²) >= 11 is 0. The fourth-order valence-electron chi connectivity index (χ4n) is 3.59. The lowest BCUT2D eigenvalue weighted by molar-refractivity contribution is 0.0997. The van der Waals surface area contributed by atoms with E-state index in [-0.39, 0.29) is 29.3 Å². The van der Waals surface area contributed by atoms with Crippen LogP contribution in [0.25, 0.3) is 28.2 Å². The van der Waals surface area contributed by atoms with Crippen LogP contribution in [-0.4, -0.2) is 31.8 Å². The molecular formula is C21H17N5O4. The van der Waals surface area contributed by atoms with E-state index < -0.39 is 5.91 Å². The molecule has 1 aliphatic heterocycles. The molecule has 3 heterocycles. The van der Waals surface area contributed by atoms with Crippen molar-refractivity contribution in [3.8, 4) is 28.6 Å². The Labute approximate surface area is 170 Å². The molecule has 0 spiro atoms. The van der Waals surface area contributed by atoms with Crippen LogP contribution in [0.5, 0.6) is 11.5 Å². The molecule has 5 rings (SSSR count). The maximum Gasteiger partial charge on any atom is 0.334 e. The fourth-order valence-corrected chi connectivity index (χ4v) is 3.59. The van der Waals surface area contributed by atoms with Crippen LogP contribution in [0.15, 0.2) is 47.3 Å². The van der Waals surface area contributed by atoms with Gasteiger partial charge in [-0.1, -0.05) is 23.8 Å². The highest BCUT2D eigenvalue weighted by Crippen LogP contribution is 2.34. The van der Waals surface area contributed by atoms with E-state index in [1.54, 1.807) is 25.2 Å². The van der Waals surface area contributed by atoms with Crippen molar-refractivity contribution >= 4 is 17.1 Å². The molecule has 9 heteroatoms. The zero-order chi connectivity index (χ0) is 21.0. The molecule has 0 fully saturated rings. The molecule has 2 N–H and O–H groups in total. The first-order chi connectivity index (χ1) is 14.4. The molecule has 4 aromatic rings. The Bertz CT molecular complexity index is 1400. The molecule has 0 atom stereocenters. The molecule has 0 aliphatic carbocycles. The van der Waals surface area contributed by atoms with Crippen LogP contribution in [-0.2, 0) is 7.05 Å². The van der Waals surface area contributed by atoms with E-state index in [1.807, 2.05) is 31.2 Å². The first-order valence-electron chi connectivity index (χ1n) is 9.20. The Morgan fingerprint density at radius 2 is 1.90 bits per heavy atom. The van der Waals surface area contributed by atoms with Crippen LogP contribution in [0.2, 0.25) is 0 Å². The Kier molecular flexibility index (Phi) is 3.85. The van der Waals surface area contributed by atoms with Crippen molar-refractivity contribution in [2.45, 2.75) is 6.92 Å². The lowest BCUT2D eigenvalue weighted by Gasteiger charge is -2.08. The summed E-state index contributed by atoms with van der Waals surface area (Å²) in [6.07, 6.45) is 0. The number of nitrogens with zero attached hydrogens (tertiary/aromatic N) is 4. The Morgan fingerprint density at radius 1 is 1.10 bits per heavy atom. The monoisotopic (exact) mass is 403 g/mol. The number of aromatic nitrogens is 4. The standard InChI is InChI=1S/C21H17N5O4/c1-11-4-3-5-12(8-11)19-23-16(18(22)27)17-20(24-19)26(21(28)25(17)2)13-6-7-14-15(9-13)30-10-29-14/h3-9H,10H2,1-2H3,(H2,22,27). The lowest BCUT2D eigenvalue weighted by atomic mass is 10.1. The molecule has 150 valence electrons. The van der Waals surface area contributed by atoms with Crippen LogP contribution < -0.4 is 20.9 Å². The molecule has 2 aromatic carbocycles. The molecule has 0 saturated heterocycles. The average Bonchev–Trinajstić information content (AvgIpc) is 3.29. The highest BCUT2D eigenvalue weighted by molar-refractivity contribution is 6.02. The number of hydrogen-bond acceptors (Lipinski definition) is 6. The summed E-state index contributed by atoms with van der Waals surface area (Å²) in [6.45, 7) is 2.07. The smallest absolute Gasteiger partial charge is 0.334 e. The third-order valence-corrected chi connectivity index (χ3v) is 5.02. The summed E-state index contributed by atoms with van der Waals surface area (Å²) in [7, 11) is 1.55. The number of nitrogens with two attached hydrogens (primary N) is 1. The number of imidazole rings is 1. The highest BCUT2D eigenvalue weighted by Gasteiger charge is 2.24. The van der Waals surface area contributed by atoms with E-state index in [0.717, 1.165) is 5.56 Å². The summed E-state index contributed by atoms with van der Waals surface area (Å²) < 4.78 is 13.5. The topological polar surface area (TPSA) is 114 Å². The van der Waals surface area contributed by atoms with Gasteiger partial charge in [-0.2, -0.15) is 0 Å². The largest absolute Gasteiger partial charge is 0.454 e. The van der Waals surface area contributed by atoms with Gasteiger partial charge in [0, 0.05) is 18.7 Å². The van der Waals surface area contributed by atoms with Crippen LogP contribution in [0, 0.1) is 6.92 Å². The van der Waals surface area contributed by atoms with E-state index >= 15 is 0 Å². The Hall–Kier alpha value is -4.14. The Morgan fingerprint density at radius 3 is 2.67 bits per heavy atom. The molecule has 0 unspecified atom stereocenters. The third kappa shape index (κ3) is 2.63. The van der Waals surface area contributed by atoms with Gasteiger partial charge < -0.3 is 15.2 Å². The molecule has 0 saturated carbocycles. The second kappa shape index (κ2) is 6.45. The number of primary amides is 1. The van der Waals surface area contributed by atoms with E-state index in [0.29, 0.717) is 28.6 Å². The number of benzene rings is 2. The van der Waals surface area contributed by atoms with Gasteiger partial charge in [-0.25, -0.2) is 19.3 Å². The average molecular weight is 403 g/mol. The molecule has 0 bridgehead atoms. The lowest BCUT2D eigenvalue weighted by Crippen LogP contribution is -2.21. The van der Waals surface area contributed by atoms with Crippen molar-refractivity contribution in [1.82, 2.24) is 19.1 Å². The van der Waals surface area contributed by atoms with Gasteiger partial charge in [-0.3, -0.25) is 9.36 Å². The number of fused-ring (bicyclic) bond motifs is 2. The predicted molar refractivity (Wildman–Crippen MR) is 109 cm³/mol. The Balaban J connectivity index is 1.85. The van der Waals surface area contributed by atoms with Crippen molar-refractivity contribution in [3.63, 3.8) is 0 Å². The number of hydrogen-bond donors (Lipinski definition) is 1. The van der Waals surface area contributed by atoms with Gasteiger partial charge in [-0.15, -0.1) is 0 Å². The van der Waals surface area contributed by atoms with Crippen LogP contribution in [0.3, 0.4) is 0 Å². The zero-order valence-corrected chi connectivity index (χ0v) is 16.2. The SMILES string of the molecule is Cc1cccc(-c2nc(C(N)=O)c3c(n2)n(-c2ccc4c(c2)OCO4)c(=O)n3C)c1. The molecular weight excluding hydrogens is 386 g/mol. The van der Waals surface area contributed by atoms with Crippen molar-refractivity contribution in [3.05, 3.63) is 64.2 Å². The first kappa shape index (κ1) is 17.9. The summed E-state index contributed by atoms with van der Waals surface area (Å²) in [5.41, 5.74) is 8.00. The van der Waals surface area contributed by atoms with Crippen LogP contribution >= 0.6 is 0 Å². The highest BCUT2D eigenvalue weighted by atomic mass is 16.7. The minimum absolute atomic E-state index is 0.0180. The van der Waals surface area contributed by atoms with Crippen molar-refractivity contribution in [2.24, 2.45) is 12.8 Å².